The van der Waals surface area contributed by atoms with Gasteiger partial charge in [-0.25, -0.2) is 0 Å². The average molecular weight is 341 g/mol. The van der Waals surface area contributed by atoms with Crippen molar-refractivity contribution >= 4 is 11.8 Å². The first-order valence-corrected chi connectivity index (χ1v) is 8.30. The molecule has 0 bridgehead atoms. The summed E-state index contributed by atoms with van der Waals surface area (Å²) in [5.41, 5.74) is 1.68. The highest BCUT2D eigenvalue weighted by molar-refractivity contribution is 5.98. The molecule has 1 heterocycles. The molecule has 0 saturated carbocycles. The van der Waals surface area contributed by atoms with Crippen molar-refractivity contribution in [2.45, 2.75) is 19.8 Å². The molecule has 0 fully saturated rings. The highest BCUT2D eigenvalue weighted by Crippen LogP contribution is 2.17. The molecular formula is C19H23N3O3. The van der Waals surface area contributed by atoms with Crippen molar-refractivity contribution < 1.29 is 14.3 Å². The molecule has 2 amide bonds. The Hall–Kier alpha value is -2.89. The van der Waals surface area contributed by atoms with Crippen molar-refractivity contribution in [2.75, 3.05) is 20.2 Å². The zero-order valence-corrected chi connectivity index (χ0v) is 14.5. The number of hydrogen-bond donors (Lipinski definition) is 2. The number of carbonyl (C=O) groups excluding carboxylic acids is 2. The number of rotatable bonds is 8. The van der Waals surface area contributed by atoms with Crippen molar-refractivity contribution in [1.82, 2.24) is 15.6 Å². The first-order valence-electron chi connectivity index (χ1n) is 8.30. The minimum absolute atomic E-state index is 0.234. The Morgan fingerprint density at radius 1 is 1.08 bits per heavy atom. The first kappa shape index (κ1) is 18.4. The van der Waals surface area contributed by atoms with Crippen LogP contribution in [0.1, 0.15) is 39.8 Å². The summed E-state index contributed by atoms with van der Waals surface area (Å²) in [6.45, 7) is 3.02. The lowest BCUT2D eigenvalue weighted by molar-refractivity contribution is 0.0948. The molecule has 0 unspecified atom stereocenters. The molecule has 0 aliphatic carbocycles. The van der Waals surface area contributed by atoms with E-state index in [0.717, 1.165) is 17.7 Å². The fourth-order valence-corrected chi connectivity index (χ4v) is 2.35. The summed E-state index contributed by atoms with van der Waals surface area (Å²) in [4.78, 5) is 28.2. The topological polar surface area (TPSA) is 80.3 Å². The van der Waals surface area contributed by atoms with E-state index in [1.54, 1.807) is 13.2 Å². The molecule has 132 valence electrons. The van der Waals surface area contributed by atoms with Crippen LogP contribution in [0.2, 0.25) is 0 Å². The minimum Gasteiger partial charge on any atom is -0.496 e. The van der Waals surface area contributed by atoms with Crippen LogP contribution in [0.15, 0.2) is 42.6 Å². The molecule has 2 N–H and O–H groups in total. The molecule has 2 aromatic rings. The van der Waals surface area contributed by atoms with Gasteiger partial charge >= 0.3 is 0 Å². The number of amides is 2. The van der Waals surface area contributed by atoms with Crippen LogP contribution in [-0.4, -0.2) is 37.0 Å². The second-order valence-electron chi connectivity index (χ2n) is 5.50. The van der Waals surface area contributed by atoms with E-state index >= 15 is 0 Å². The first-order chi connectivity index (χ1) is 12.2. The summed E-state index contributed by atoms with van der Waals surface area (Å²) < 4.78 is 5.30. The fraction of sp³-hybridized carbons (Fsp3) is 0.316. The van der Waals surface area contributed by atoms with Gasteiger partial charge in [-0.2, -0.15) is 0 Å². The normalized spacial score (nSPS) is 10.2. The van der Waals surface area contributed by atoms with Crippen LogP contribution < -0.4 is 15.4 Å². The van der Waals surface area contributed by atoms with Gasteiger partial charge in [0, 0.05) is 24.8 Å². The van der Waals surface area contributed by atoms with Gasteiger partial charge in [0.15, 0.2) is 0 Å². The average Bonchev–Trinajstić information content (AvgIpc) is 2.66. The SMILES string of the molecule is CCCNC(=O)c1cc(C(=O)NCCc2ccccc2OC)ccn1. The maximum absolute atomic E-state index is 12.3. The Kier molecular flexibility index (Phi) is 6.95. The fourth-order valence-electron chi connectivity index (χ4n) is 2.35. The third-order valence-electron chi connectivity index (χ3n) is 3.66. The Morgan fingerprint density at radius 3 is 2.60 bits per heavy atom. The number of nitrogens with zero attached hydrogens (tertiary/aromatic N) is 1. The second kappa shape index (κ2) is 9.42. The van der Waals surface area contributed by atoms with E-state index in [0.29, 0.717) is 25.1 Å². The van der Waals surface area contributed by atoms with Crippen LogP contribution in [0, 0.1) is 0 Å². The lowest BCUT2D eigenvalue weighted by Gasteiger charge is -2.09. The molecule has 6 heteroatoms. The van der Waals surface area contributed by atoms with Gasteiger partial charge in [-0.15, -0.1) is 0 Å². The van der Waals surface area contributed by atoms with Gasteiger partial charge in [0.25, 0.3) is 11.8 Å². The van der Waals surface area contributed by atoms with E-state index in [1.807, 2.05) is 31.2 Å². The Balaban J connectivity index is 1.93. The van der Waals surface area contributed by atoms with Gasteiger partial charge in [0.05, 0.1) is 7.11 Å². The van der Waals surface area contributed by atoms with Crippen LogP contribution in [-0.2, 0) is 6.42 Å². The van der Waals surface area contributed by atoms with Gasteiger partial charge in [0.1, 0.15) is 11.4 Å². The predicted octanol–water partition coefficient (Wildman–Crippen LogP) is 2.20. The van der Waals surface area contributed by atoms with Crippen molar-refractivity contribution in [3.63, 3.8) is 0 Å². The van der Waals surface area contributed by atoms with Crippen LogP contribution in [0.3, 0.4) is 0 Å². The van der Waals surface area contributed by atoms with E-state index in [2.05, 4.69) is 15.6 Å². The van der Waals surface area contributed by atoms with E-state index in [1.165, 1.54) is 12.3 Å². The molecule has 25 heavy (non-hydrogen) atoms. The molecule has 0 aliphatic heterocycles. The maximum atomic E-state index is 12.3. The summed E-state index contributed by atoms with van der Waals surface area (Å²) in [6, 6.07) is 10.8. The van der Waals surface area contributed by atoms with E-state index in [-0.39, 0.29) is 17.5 Å². The molecule has 0 atom stereocenters. The number of benzene rings is 1. The Labute approximate surface area is 147 Å². The van der Waals surface area contributed by atoms with Crippen molar-refractivity contribution in [1.29, 1.82) is 0 Å². The summed E-state index contributed by atoms with van der Waals surface area (Å²) in [5, 5.41) is 5.60. The zero-order valence-electron chi connectivity index (χ0n) is 14.5. The summed E-state index contributed by atoms with van der Waals surface area (Å²) in [5.74, 6) is 0.294. The number of methoxy groups -OCH3 is 1. The van der Waals surface area contributed by atoms with Crippen LogP contribution >= 0.6 is 0 Å². The summed E-state index contributed by atoms with van der Waals surface area (Å²) >= 11 is 0. The van der Waals surface area contributed by atoms with Crippen LogP contribution in [0.25, 0.3) is 0 Å². The zero-order chi connectivity index (χ0) is 18.1. The molecule has 0 saturated heterocycles. The molecule has 1 aromatic carbocycles. The molecule has 1 aromatic heterocycles. The molecular weight excluding hydrogens is 318 g/mol. The molecule has 0 spiro atoms. The van der Waals surface area contributed by atoms with Gasteiger partial charge in [-0.05, 0) is 36.6 Å². The Bertz CT molecular complexity index is 731. The van der Waals surface area contributed by atoms with Gasteiger partial charge in [-0.1, -0.05) is 25.1 Å². The quantitative estimate of drug-likeness (QED) is 0.771. The lowest BCUT2D eigenvalue weighted by atomic mass is 10.1. The third kappa shape index (κ3) is 5.31. The smallest absolute Gasteiger partial charge is 0.269 e. The van der Waals surface area contributed by atoms with Crippen molar-refractivity contribution in [3.8, 4) is 5.75 Å². The number of carbonyl (C=O) groups is 2. The number of hydrogen-bond acceptors (Lipinski definition) is 4. The van der Waals surface area contributed by atoms with Gasteiger partial charge in [-0.3, -0.25) is 14.6 Å². The predicted molar refractivity (Wildman–Crippen MR) is 95.9 cm³/mol. The van der Waals surface area contributed by atoms with E-state index in [9.17, 15) is 9.59 Å². The number of pyridine rings is 1. The summed E-state index contributed by atoms with van der Waals surface area (Å²) in [6.07, 6.45) is 2.97. The van der Waals surface area contributed by atoms with Crippen molar-refractivity contribution in [2.24, 2.45) is 0 Å². The van der Waals surface area contributed by atoms with Crippen molar-refractivity contribution in [3.05, 3.63) is 59.4 Å². The van der Waals surface area contributed by atoms with E-state index in [4.69, 9.17) is 4.74 Å². The van der Waals surface area contributed by atoms with Gasteiger partial charge in [0.2, 0.25) is 0 Å². The highest BCUT2D eigenvalue weighted by atomic mass is 16.5. The molecule has 0 radical (unpaired) electrons. The number of para-hydroxylation sites is 1. The molecule has 2 rings (SSSR count). The van der Waals surface area contributed by atoms with E-state index < -0.39 is 0 Å². The molecule has 0 aliphatic rings. The lowest BCUT2D eigenvalue weighted by Crippen LogP contribution is -2.28. The minimum atomic E-state index is -0.273. The van der Waals surface area contributed by atoms with Gasteiger partial charge < -0.3 is 15.4 Å². The van der Waals surface area contributed by atoms with Crippen LogP contribution in [0.5, 0.6) is 5.75 Å². The second-order valence-corrected chi connectivity index (χ2v) is 5.50. The third-order valence-corrected chi connectivity index (χ3v) is 3.66. The Morgan fingerprint density at radius 2 is 1.84 bits per heavy atom. The monoisotopic (exact) mass is 341 g/mol. The summed E-state index contributed by atoms with van der Waals surface area (Å²) in [7, 11) is 1.62. The number of aromatic nitrogens is 1. The maximum Gasteiger partial charge on any atom is 0.269 e. The highest BCUT2D eigenvalue weighted by Gasteiger charge is 2.11. The molecule has 6 nitrogen and oxygen atoms in total. The van der Waals surface area contributed by atoms with Crippen LogP contribution in [0.4, 0.5) is 0 Å². The number of ether oxygens (including phenoxy) is 1. The number of nitrogens with one attached hydrogen (secondary N) is 2. The largest absolute Gasteiger partial charge is 0.496 e. The standard InChI is InChI=1S/C19H23N3O3/c1-3-10-21-19(24)16-13-15(9-11-20-16)18(23)22-12-8-14-6-4-5-7-17(14)25-2/h4-7,9,11,13H,3,8,10,12H2,1-2H3,(H,21,24)(H,22,23).